The number of nitrogens with one attached hydrogen (secondary N) is 2. The molecular weight excluding hydrogens is 282 g/mol. The van der Waals surface area contributed by atoms with Crippen LogP contribution in [0.3, 0.4) is 0 Å². The summed E-state index contributed by atoms with van der Waals surface area (Å²) in [6.45, 7) is 3.15. The number of benzene rings is 1. The van der Waals surface area contributed by atoms with E-state index in [4.69, 9.17) is 4.74 Å². The average Bonchev–Trinajstić information content (AvgIpc) is 3.03. The van der Waals surface area contributed by atoms with E-state index in [1.807, 2.05) is 24.4 Å². The molecule has 1 aromatic heterocycles. The summed E-state index contributed by atoms with van der Waals surface area (Å²) in [5.41, 5.74) is 1.12. The van der Waals surface area contributed by atoms with Crippen LogP contribution in [0.15, 0.2) is 30.5 Å². The van der Waals surface area contributed by atoms with Crippen molar-refractivity contribution in [3.8, 4) is 16.3 Å². The first-order valence-electron chi connectivity index (χ1n) is 7.38. The van der Waals surface area contributed by atoms with Gasteiger partial charge >= 0.3 is 0 Å². The van der Waals surface area contributed by atoms with Crippen molar-refractivity contribution in [3.05, 3.63) is 35.3 Å². The van der Waals surface area contributed by atoms with Gasteiger partial charge in [0.05, 0.1) is 7.11 Å². The van der Waals surface area contributed by atoms with Crippen LogP contribution >= 0.6 is 11.3 Å². The first kappa shape index (κ1) is 14.5. The Morgan fingerprint density at radius 3 is 3.05 bits per heavy atom. The second-order valence-electron chi connectivity index (χ2n) is 5.27. The van der Waals surface area contributed by atoms with Crippen LogP contribution < -0.4 is 15.4 Å². The lowest BCUT2D eigenvalue weighted by atomic mass is 10.1. The predicted octanol–water partition coefficient (Wildman–Crippen LogP) is 2.66. The molecule has 2 heterocycles. The Morgan fingerprint density at radius 2 is 2.24 bits per heavy atom. The first-order chi connectivity index (χ1) is 10.3. The number of thiazole rings is 1. The number of methoxy groups -OCH3 is 1. The fourth-order valence-electron chi connectivity index (χ4n) is 2.55. The third-order valence-electron chi connectivity index (χ3n) is 3.77. The fraction of sp³-hybridized carbons (Fsp3) is 0.438. The van der Waals surface area contributed by atoms with Gasteiger partial charge in [0.1, 0.15) is 10.8 Å². The molecule has 0 aliphatic carbocycles. The summed E-state index contributed by atoms with van der Waals surface area (Å²) in [5.74, 6) is 0.872. The lowest BCUT2D eigenvalue weighted by Crippen LogP contribution is -2.39. The molecule has 2 aromatic rings. The normalized spacial score (nSPS) is 16.0. The van der Waals surface area contributed by atoms with Gasteiger partial charge < -0.3 is 15.4 Å². The lowest BCUT2D eigenvalue weighted by molar-refractivity contribution is 0.387. The molecule has 1 aromatic carbocycles. The van der Waals surface area contributed by atoms with Gasteiger partial charge in [0, 0.05) is 29.2 Å². The minimum atomic E-state index is 0.633. The van der Waals surface area contributed by atoms with Crippen molar-refractivity contribution >= 4 is 11.3 Å². The van der Waals surface area contributed by atoms with E-state index >= 15 is 0 Å². The van der Waals surface area contributed by atoms with Crippen molar-refractivity contribution in [3.63, 3.8) is 0 Å². The van der Waals surface area contributed by atoms with Gasteiger partial charge in [-0.3, -0.25) is 0 Å². The van der Waals surface area contributed by atoms with Crippen molar-refractivity contribution in [1.29, 1.82) is 0 Å². The zero-order valence-corrected chi connectivity index (χ0v) is 13.1. The van der Waals surface area contributed by atoms with Crippen molar-refractivity contribution in [1.82, 2.24) is 15.6 Å². The van der Waals surface area contributed by atoms with Crippen molar-refractivity contribution in [2.45, 2.75) is 25.4 Å². The van der Waals surface area contributed by atoms with Crippen LogP contribution in [0.2, 0.25) is 0 Å². The van der Waals surface area contributed by atoms with Crippen LogP contribution in [-0.2, 0) is 6.54 Å². The topological polar surface area (TPSA) is 46.2 Å². The van der Waals surface area contributed by atoms with Gasteiger partial charge in [-0.05, 0) is 38.1 Å². The predicted molar refractivity (Wildman–Crippen MR) is 86.8 cm³/mol. The molecular formula is C16H21N3OS. The van der Waals surface area contributed by atoms with Gasteiger partial charge in [-0.15, -0.1) is 11.3 Å². The SMILES string of the molecule is COc1cccc(-c2ncc(CNC3CCNCC3)s2)c1. The van der Waals surface area contributed by atoms with E-state index in [1.165, 1.54) is 17.7 Å². The monoisotopic (exact) mass is 303 g/mol. The Labute approximate surface area is 129 Å². The molecule has 1 aliphatic rings. The second kappa shape index (κ2) is 7.02. The lowest BCUT2D eigenvalue weighted by Gasteiger charge is -2.23. The van der Waals surface area contributed by atoms with Gasteiger partial charge in [0.25, 0.3) is 0 Å². The maximum absolute atomic E-state index is 5.27. The molecule has 0 spiro atoms. The van der Waals surface area contributed by atoms with Gasteiger partial charge in [-0.25, -0.2) is 4.98 Å². The minimum absolute atomic E-state index is 0.633. The van der Waals surface area contributed by atoms with E-state index in [9.17, 15) is 0 Å². The molecule has 0 saturated carbocycles. The molecule has 1 fully saturated rings. The highest BCUT2D eigenvalue weighted by molar-refractivity contribution is 7.15. The molecule has 112 valence electrons. The Bertz CT molecular complexity index is 578. The summed E-state index contributed by atoms with van der Waals surface area (Å²) >= 11 is 1.75. The molecule has 1 saturated heterocycles. The molecule has 4 nitrogen and oxygen atoms in total. The minimum Gasteiger partial charge on any atom is -0.497 e. The molecule has 5 heteroatoms. The van der Waals surface area contributed by atoms with Crippen molar-refractivity contribution in [2.24, 2.45) is 0 Å². The Morgan fingerprint density at radius 1 is 1.38 bits per heavy atom. The largest absolute Gasteiger partial charge is 0.497 e. The number of aromatic nitrogens is 1. The Balaban J connectivity index is 1.62. The molecule has 21 heavy (non-hydrogen) atoms. The van der Waals surface area contributed by atoms with E-state index in [1.54, 1.807) is 18.4 Å². The molecule has 0 radical (unpaired) electrons. The van der Waals surface area contributed by atoms with Crippen LogP contribution in [-0.4, -0.2) is 31.2 Å². The van der Waals surface area contributed by atoms with Gasteiger partial charge in [0.15, 0.2) is 0 Å². The van der Waals surface area contributed by atoms with E-state index < -0.39 is 0 Å². The maximum atomic E-state index is 5.27. The highest BCUT2D eigenvalue weighted by Gasteiger charge is 2.13. The summed E-state index contributed by atoms with van der Waals surface area (Å²) < 4.78 is 5.27. The first-order valence-corrected chi connectivity index (χ1v) is 8.20. The van der Waals surface area contributed by atoms with E-state index in [-0.39, 0.29) is 0 Å². The zero-order chi connectivity index (χ0) is 14.5. The summed E-state index contributed by atoms with van der Waals surface area (Å²) in [5, 5.41) is 8.07. The van der Waals surface area contributed by atoms with Gasteiger partial charge in [-0.2, -0.15) is 0 Å². The molecule has 0 amide bonds. The molecule has 0 unspecified atom stereocenters. The fourth-order valence-corrected chi connectivity index (χ4v) is 3.41. The highest BCUT2D eigenvalue weighted by Crippen LogP contribution is 2.27. The number of piperidine rings is 1. The summed E-state index contributed by atoms with van der Waals surface area (Å²) in [6.07, 6.45) is 4.40. The molecule has 0 atom stereocenters. The number of nitrogens with zero attached hydrogens (tertiary/aromatic N) is 1. The third kappa shape index (κ3) is 3.81. The van der Waals surface area contributed by atoms with Crippen molar-refractivity contribution < 1.29 is 4.74 Å². The van der Waals surface area contributed by atoms with Crippen LogP contribution in [0.1, 0.15) is 17.7 Å². The van der Waals surface area contributed by atoms with Crippen LogP contribution in [0.25, 0.3) is 10.6 Å². The second-order valence-corrected chi connectivity index (χ2v) is 6.38. The smallest absolute Gasteiger partial charge is 0.123 e. The van der Waals surface area contributed by atoms with Gasteiger partial charge in [0.2, 0.25) is 0 Å². The molecule has 0 bridgehead atoms. The number of hydrogen-bond acceptors (Lipinski definition) is 5. The quantitative estimate of drug-likeness (QED) is 0.891. The molecule has 2 N–H and O–H groups in total. The highest BCUT2D eigenvalue weighted by atomic mass is 32.1. The Kier molecular flexibility index (Phi) is 4.85. The third-order valence-corrected chi connectivity index (χ3v) is 4.82. The zero-order valence-electron chi connectivity index (χ0n) is 12.3. The van der Waals surface area contributed by atoms with E-state index in [0.717, 1.165) is 36.0 Å². The van der Waals surface area contributed by atoms with Crippen molar-refractivity contribution in [2.75, 3.05) is 20.2 Å². The van der Waals surface area contributed by atoms with Crippen LogP contribution in [0, 0.1) is 0 Å². The van der Waals surface area contributed by atoms with Crippen LogP contribution in [0.4, 0.5) is 0 Å². The van der Waals surface area contributed by atoms with Gasteiger partial charge in [-0.1, -0.05) is 12.1 Å². The standard InChI is InChI=1S/C16H21N3OS/c1-20-14-4-2-3-12(9-14)16-19-11-15(21-16)10-18-13-5-7-17-8-6-13/h2-4,9,11,13,17-18H,5-8,10H2,1H3. The van der Waals surface area contributed by atoms with E-state index in [0.29, 0.717) is 6.04 Å². The summed E-state index contributed by atoms with van der Waals surface area (Å²) in [7, 11) is 1.69. The Hall–Kier alpha value is -1.43. The summed E-state index contributed by atoms with van der Waals surface area (Å²) in [4.78, 5) is 5.82. The maximum Gasteiger partial charge on any atom is 0.123 e. The van der Waals surface area contributed by atoms with Crippen LogP contribution in [0.5, 0.6) is 5.75 Å². The number of hydrogen-bond donors (Lipinski definition) is 2. The summed E-state index contributed by atoms with van der Waals surface area (Å²) in [6, 6.07) is 8.70. The van der Waals surface area contributed by atoms with E-state index in [2.05, 4.69) is 21.7 Å². The average molecular weight is 303 g/mol. The number of ether oxygens (including phenoxy) is 1. The number of rotatable bonds is 5. The molecule has 1 aliphatic heterocycles. The molecule has 3 rings (SSSR count).